The van der Waals surface area contributed by atoms with Crippen LogP contribution in [-0.2, 0) is 10.0 Å². The van der Waals surface area contributed by atoms with E-state index in [0.29, 0.717) is 5.92 Å². The fourth-order valence-corrected chi connectivity index (χ4v) is 3.64. The predicted octanol–water partition coefficient (Wildman–Crippen LogP) is 1.47. The minimum absolute atomic E-state index is 0.0665. The van der Waals surface area contributed by atoms with Crippen molar-refractivity contribution in [1.82, 2.24) is 4.72 Å². The highest BCUT2D eigenvalue weighted by Crippen LogP contribution is 2.35. The molecule has 0 bridgehead atoms. The molecule has 0 aliphatic heterocycles. The molecule has 1 aromatic carbocycles. The van der Waals surface area contributed by atoms with Gasteiger partial charge in [-0.3, -0.25) is 0 Å². The number of carboxylic acids is 1. The van der Waals surface area contributed by atoms with Crippen molar-refractivity contribution in [3.63, 3.8) is 0 Å². The Morgan fingerprint density at radius 1 is 1.50 bits per heavy atom. The van der Waals surface area contributed by atoms with Gasteiger partial charge in [0.1, 0.15) is 10.6 Å². The third-order valence-electron chi connectivity index (χ3n) is 3.45. The standard InChI is InChI=1S/C13H17NO5S/c1-3-8-6-10(8)14-20(17,18)12-7-9(13(15)16)4-5-11(12)19-2/h4-5,7-8,10,14H,3,6H2,1-2H3,(H,15,16). The fraction of sp³-hybridized carbons (Fsp3) is 0.462. The SMILES string of the molecule is CCC1CC1NS(=O)(=O)c1cc(C(=O)O)ccc1OC. The van der Waals surface area contributed by atoms with E-state index in [-0.39, 0.29) is 22.3 Å². The Balaban J connectivity index is 2.34. The van der Waals surface area contributed by atoms with Crippen LogP contribution in [0.1, 0.15) is 30.1 Å². The van der Waals surface area contributed by atoms with Crippen molar-refractivity contribution < 1.29 is 23.1 Å². The molecule has 0 radical (unpaired) electrons. The quantitative estimate of drug-likeness (QED) is 0.829. The molecule has 6 nitrogen and oxygen atoms in total. The van der Waals surface area contributed by atoms with E-state index in [0.717, 1.165) is 18.9 Å². The summed E-state index contributed by atoms with van der Waals surface area (Å²) in [5, 5.41) is 8.96. The summed E-state index contributed by atoms with van der Waals surface area (Å²) in [6, 6.07) is 3.71. The molecule has 1 saturated carbocycles. The summed E-state index contributed by atoms with van der Waals surface area (Å²) in [6.07, 6.45) is 1.73. The summed E-state index contributed by atoms with van der Waals surface area (Å²) in [7, 11) is -2.43. The zero-order chi connectivity index (χ0) is 14.9. The number of hydrogen-bond acceptors (Lipinski definition) is 4. The normalized spacial score (nSPS) is 21.5. The van der Waals surface area contributed by atoms with Gasteiger partial charge in [-0.25, -0.2) is 17.9 Å². The Hall–Kier alpha value is -1.60. The van der Waals surface area contributed by atoms with Crippen molar-refractivity contribution in [3.8, 4) is 5.75 Å². The number of nitrogens with one attached hydrogen (secondary N) is 1. The second kappa shape index (κ2) is 5.41. The maximum Gasteiger partial charge on any atom is 0.335 e. The summed E-state index contributed by atoms with van der Waals surface area (Å²) >= 11 is 0. The topological polar surface area (TPSA) is 92.7 Å². The van der Waals surface area contributed by atoms with Crippen molar-refractivity contribution in [2.75, 3.05) is 7.11 Å². The van der Waals surface area contributed by atoms with Gasteiger partial charge in [-0.2, -0.15) is 0 Å². The zero-order valence-electron chi connectivity index (χ0n) is 11.3. The number of aromatic carboxylic acids is 1. The minimum atomic E-state index is -3.78. The van der Waals surface area contributed by atoms with Gasteiger partial charge in [0.15, 0.2) is 0 Å². The molecule has 0 amide bonds. The number of benzene rings is 1. The Bertz CT molecular complexity index is 626. The highest BCUT2D eigenvalue weighted by molar-refractivity contribution is 7.89. The average Bonchev–Trinajstić information content (AvgIpc) is 3.15. The second-order valence-electron chi connectivity index (χ2n) is 4.80. The van der Waals surface area contributed by atoms with Gasteiger partial charge in [-0.1, -0.05) is 13.3 Å². The Kier molecular flexibility index (Phi) is 4.01. The monoisotopic (exact) mass is 299 g/mol. The van der Waals surface area contributed by atoms with Gasteiger partial charge in [-0.15, -0.1) is 0 Å². The van der Waals surface area contributed by atoms with E-state index in [9.17, 15) is 13.2 Å². The van der Waals surface area contributed by atoms with Gasteiger partial charge in [0.05, 0.1) is 12.7 Å². The van der Waals surface area contributed by atoms with Crippen molar-refractivity contribution in [2.24, 2.45) is 5.92 Å². The van der Waals surface area contributed by atoms with Gasteiger partial charge >= 0.3 is 5.97 Å². The van der Waals surface area contributed by atoms with E-state index in [1.165, 1.54) is 19.2 Å². The molecule has 1 fully saturated rings. The molecule has 1 aliphatic rings. The number of methoxy groups -OCH3 is 1. The van der Waals surface area contributed by atoms with E-state index >= 15 is 0 Å². The molecule has 0 spiro atoms. The van der Waals surface area contributed by atoms with E-state index < -0.39 is 16.0 Å². The maximum atomic E-state index is 12.3. The molecule has 2 unspecified atom stereocenters. The lowest BCUT2D eigenvalue weighted by atomic mass is 10.2. The molecule has 7 heteroatoms. The molecule has 1 aromatic rings. The van der Waals surface area contributed by atoms with Crippen LogP contribution >= 0.6 is 0 Å². The molecule has 0 saturated heterocycles. The molecule has 2 atom stereocenters. The van der Waals surface area contributed by atoms with Crippen LogP contribution in [0.5, 0.6) is 5.75 Å². The van der Waals surface area contributed by atoms with Crippen molar-refractivity contribution in [3.05, 3.63) is 23.8 Å². The number of carbonyl (C=O) groups is 1. The highest BCUT2D eigenvalue weighted by Gasteiger charge is 2.39. The lowest BCUT2D eigenvalue weighted by Gasteiger charge is -2.11. The van der Waals surface area contributed by atoms with E-state index in [4.69, 9.17) is 9.84 Å². The van der Waals surface area contributed by atoms with Crippen LogP contribution in [0, 0.1) is 5.92 Å². The lowest BCUT2D eigenvalue weighted by molar-refractivity contribution is 0.0696. The predicted molar refractivity (Wildman–Crippen MR) is 72.5 cm³/mol. The van der Waals surface area contributed by atoms with Crippen LogP contribution in [0.3, 0.4) is 0 Å². The number of ether oxygens (including phenoxy) is 1. The summed E-state index contributed by atoms with van der Waals surface area (Å²) in [4.78, 5) is 10.8. The summed E-state index contributed by atoms with van der Waals surface area (Å²) in [6.45, 7) is 2.00. The highest BCUT2D eigenvalue weighted by atomic mass is 32.2. The zero-order valence-corrected chi connectivity index (χ0v) is 12.1. The van der Waals surface area contributed by atoms with Gasteiger partial charge in [0.25, 0.3) is 0 Å². The van der Waals surface area contributed by atoms with Crippen LogP contribution in [0.4, 0.5) is 0 Å². The smallest absolute Gasteiger partial charge is 0.335 e. The van der Waals surface area contributed by atoms with Crippen LogP contribution < -0.4 is 9.46 Å². The Morgan fingerprint density at radius 2 is 2.20 bits per heavy atom. The van der Waals surface area contributed by atoms with Crippen LogP contribution in [0.2, 0.25) is 0 Å². The molecule has 2 rings (SSSR count). The molecule has 0 aromatic heterocycles. The number of carboxylic acid groups (broad SMARTS) is 1. The number of rotatable bonds is 6. The third-order valence-corrected chi connectivity index (χ3v) is 4.96. The van der Waals surface area contributed by atoms with Crippen molar-refractivity contribution >= 4 is 16.0 Å². The molecule has 1 aliphatic carbocycles. The summed E-state index contributed by atoms with van der Waals surface area (Å²) in [5.74, 6) is -0.684. The summed E-state index contributed by atoms with van der Waals surface area (Å²) in [5.41, 5.74) is -0.0889. The number of hydrogen-bond donors (Lipinski definition) is 2. The van der Waals surface area contributed by atoms with E-state index in [1.807, 2.05) is 6.92 Å². The van der Waals surface area contributed by atoms with Crippen molar-refractivity contribution in [1.29, 1.82) is 0 Å². The fourth-order valence-electron chi connectivity index (χ4n) is 2.13. The Labute approximate surface area is 117 Å². The first-order valence-electron chi connectivity index (χ1n) is 6.32. The first kappa shape index (κ1) is 14.8. The Morgan fingerprint density at radius 3 is 2.70 bits per heavy atom. The van der Waals surface area contributed by atoms with Crippen LogP contribution in [-0.4, -0.2) is 32.6 Å². The van der Waals surface area contributed by atoms with Gasteiger partial charge in [0.2, 0.25) is 10.0 Å². The van der Waals surface area contributed by atoms with E-state index in [2.05, 4.69) is 4.72 Å². The first-order chi connectivity index (χ1) is 9.39. The van der Waals surface area contributed by atoms with Gasteiger partial charge < -0.3 is 9.84 Å². The van der Waals surface area contributed by atoms with Gasteiger partial charge in [-0.05, 0) is 30.5 Å². The van der Waals surface area contributed by atoms with Crippen LogP contribution in [0.25, 0.3) is 0 Å². The van der Waals surface area contributed by atoms with Crippen molar-refractivity contribution in [2.45, 2.75) is 30.7 Å². The molecule has 0 heterocycles. The average molecular weight is 299 g/mol. The third kappa shape index (κ3) is 2.94. The summed E-state index contributed by atoms with van der Waals surface area (Å²) < 4.78 is 32.2. The molecular formula is C13H17NO5S. The first-order valence-corrected chi connectivity index (χ1v) is 7.81. The minimum Gasteiger partial charge on any atom is -0.495 e. The van der Waals surface area contributed by atoms with Crippen LogP contribution in [0.15, 0.2) is 23.1 Å². The largest absolute Gasteiger partial charge is 0.495 e. The molecule has 2 N–H and O–H groups in total. The molecule has 20 heavy (non-hydrogen) atoms. The molecule has 110 valence electrons. The van der Waals surface area contributed by atoms with E-state index in [1.54, 1.807) is 0 Å². The van der Waals surface area contributed by atoms with Gasteiger partial charge in [0, 0.05) is 6.04 Å². The molecular weight excluding hydrogens is 282 g/mol. The number of sulfonamides is 1. The second-order valence-corrected chi connectivity index (χ2v) is 6.49. The lowest BCUT2D eigenvalue weighted by Crippen LogP contribution is -2.27. The maximum absolute atomic E-state index is 12.3.